The van der Waals surface area contributed by atoms with E-state index in [2.05, 4.69) is 32.6 Å². The van der Waals surface area contributed by atoms with Gasteiger partial charge in [-0.05, 0) is 57.4 Å². The van der Waals surface area contributed by atoms with E-state index in [0.29, 0.717) is 18.9 Å². The Morgan fingerprint density at radius 1 is 1.17 bits per heavy atom. The number of hydrogen-bond acceptors (Lipinski definition) is 7. The van der Waals surface area contributed by atoms with Crippen molar-refractivity contribution in [3.05, 3.63) is 11.1 Å². The second-order valence-electron chi connectivity index (χ2n) is 12.7. The third-order valence-electron chi connectivity index (χ3n) is 10.7. The lowest BCUT2D eigenvalue weighted by Gasteiger charge is -2.65. The molecule has 0 radical (unpaired) electrons. The van der Waals surface area contributed by atoms with E-state index in [0.717, 1.165) is 58.5 Å². The molecule has 0 aromatic carbocycles. The number of allylic oxidation sites excluding steroid dienone is 2. The van der Waals surface area contributed by atoms with Gasteiger partial charge in [0.2, 0.25) is 0 Å². The zero-order valence-electron chi connectivity index (χ0n) is 23.1. The standard InChI is InChI=1S/C29H45NO6/c1-18-7-8-20-15-22-28(5,23(33-6)16-24-29(22,17-35-24)36-19(2)31)26(32)21(25(18)27(20,3)4)9-10-30-11-13-34-14-12-30/h20-24H,7-17H2,1-6H3/t20-,21+,22?,23-,24+,28-,29+/m0/s1. The molecule has 36 heavy (non-hydrogen) atoms. The molecule has 7 nitrogen and oxygen atoms in total. The lowest BCUT2D eigenvalue weighted by Crippen LogP contribution is -2.76. The van der Waals surface area contributed by atoms with E-state index in [1.807, 2.05) is 0 Å². The van der Waals surface area contributed by atoms with Crippen LogP contribution in [0.1, 0.15) is 66.7 Å². The number of methoxy groups -OCH3 is 1. The predicted molar refractivity (Wildman–Crippen MR) is 135 cm³/mol. The molecule has 0 amide bonds. The summed E-state index contributed by atoms with van der Waals surface area (Å²) >= 11 is 0. The van der Waals surface area contributed by atoms with Crippen LogP contribution in [0.5, 0.6) is 0 Å². The number of ketones is 1. The summed E-state index contributed by atoms with van der Waals surface area (Å²) in [6.45, 7) is 15.1. The van der Waals surface area contributed by atoms with Gasteiger partial charge >= 0.3 is 5.97 Å². The minimum atomic E-state index is -0.752. The van der Waals surface area contributed by atoms with Crippen LogP contribution in [0.3, 0.4) is 0 Å². The summed E-state index contributed by atoms with van der Waals surface area (Å²) < 4.78 is 23.8. The maximum absolute atomic E-state index is 15.0. The van der Waals surface area contributed by atoms with Crippen molar-refractivity contribution < 1.29 is 28.5 Å². The topological polar surface area (TPSA) is 74.3 Å². The molecule has 7 heteroatoms. The smallest absolute Gasteiger partial charge is 0.303 e. The quantitative estimate of drug-likeness (QED) is 0.417. The lowest BCUT2D eigenvalue weighted by molar-refractivity contribution is -0.323. The van der Waals surface area contributed by atoms with Gasteiger partial charge < -0.3 is 18.9 Å². The first-order chi connectivity index (χ1) is 17.1. The maximum Gasteiger partial charge on any atom is 0.303 e. The van der Waals surface area contributed by atoms with Gasteiger partial charge in [0, 0.05) is 45.4 Å². The second kappa shape index (κ2) is 9.48. The lowest BCUT2D eigenvalue weighted by atomic mass is 9.46. The number of carbonyl (C=O) groups excluding carboxylic acids is 2. The van der Waals surface area contributed by atoms with Crippen molar-refractivity contribution >= 4 is 11.8 Å². The highest BCUT2D eigenvalue weighted by Gasteiger charge is 2.71. The molecular formula is C29H45NO6. The third kappa shape index (κ3) is 3.91. The van der Waals surface area contributed by atoms with Crippen molar-refractivity contribution in [3.8, 4) is 0 Å². The Morgan fingerprint density at radius 3 is 2.50 bits per heavy atom. The van der Waals surface area contributed by atoms with Gasteiger partial charge in [-0.2, -0.15) is 0 Å². The average molecular weight is 504 g/mol. The number of fused-ring (bicyclic) bond motifs is 5. The molecule has 0 aromatic heterocycles. The number of Topliss-reactive ketones (excluding diaryl/α,β-unsaturated/α-hetero) is 1. The summed E-state index contributed by atoms with van der Waals surface area (Å²) in [5.74, 6) is 0.0901. The molecule has 202 valence electrons. The monoisotopic (exact) mass is 503 g/mol. The van der Waals surface area contributed by atoms with E-state index in [4.69, 9.17) is 18.9 Å². The highest BCUT2D eigenvalue weighted by molar-refractivity contribution is 5.91. The van der Waals surface area contributed by atoms with E-state index in [9.17, 15) is 9.59 Å². The van der Waals surface area contributed by atoms with Crippen LogP contribution in [0, 0.1) is 28.6 Å². The highest BCUT2D eigenvalue weighted by atomic mass is 16.6. The first-order valence-electron chi connectivity index (χ1n) is 13.9. The molecule has 7 atom stereocenters. The van der Waals surface area contributed by atoms with E-state index < -0.39 is 11.0 Å². The largest absolute Gasteiger partial charge is 0.454 e. The van der Waals surface area contributed by atoms with Crippen LogP contribution in [-0.2, 0) is 28.5 Å². The first-order valence-corrected chi connectivity index (χ1v) is 13.9. The predicted octanol–water partition coefficient (Wildman–Crippen LogP) is 3.79. The minimum absolute atomic E-state index is 0.0907. The molecule has 2 saturated heterocycles. The summed E-state index contributed by atoms with van der Waals surface area (Å²) in [6.07, 6.45) is 3.87. The van der Waals surface area contributed by atoms with Crippen LogP contribution in [0.15, 0.2) is 11.1 Å². The van der Waals surface area contributed by atoms with Crippen molar-refractivity contribution in [1.29, 1.82) is 0 Å². The van der Waals surface area contributed by atoms with Gasteiger partial charge in [-0.15, -0.1) is 0 Å². The molecule has 2 heterocycles. The Kier molecular flexibility index (Phi) is 6.93. The summed E-state index contributed by atoms with van der Waals surface area (Å²) in [7, 11) is 1.72. The molecule has 3 aliphatic carbocycles. The van der Waals surface area contributed by atoms with Gasteiger partial charge in [0.15, 0.2) is 5.60 Å². The number of ether oxygens (including phenoxy) is 4. The van der Waals surface area contributed by atoms with Crippen LogP contribution >= 0.6 is 0 Å². The minimum Gasteiger partial charge on any atom is -0.454 e. The van der Waals surface area contributed by atoms with Crippen molar-refractivity contribution in [2.45, 2.75) is 84.5 Å². The Bertz CT molecular complexity index is 923. The molecular weight excluding hydrogens is 458 g/mol. The van der Waals surface area contributed by atoms with E-state index in [-0.39, 0.29) is 41.2 Å². The zero-order chi connectivity index (χ0) is 25.9. The summed E-state index contributed by atoms with van der Waals surface area (Å²) in [4.78, 5) is 29.8. The SMILES string of the molecule is CO[C@H]1C[C@H]2OC[C@@]2(OC(C)=O)C2C[C@@H]3CCC(C)=C([C@@H](CCN4CCOCC4)C(=O)[C@@]21C)C3(C)C. The Morgan fingerprint density at radius 2 is 1.89 bits per heavy atom. The van der Waals surface area contributed by atoms with Gasteiger partial charge in [0.25, 0.3) is 0 Å². The van der Waals surface area contributed by atoms with E-state index >= 15 is 0 Å². The number of nitrogens with zero attached hydrogens (tertiary/aromatic N) is 1. The Hall–Kier alpha value is -1.28. The van der Waals surface area contributed by atoms with Crippen LogP contribution in [-0.4, -0.2) is 81.0 Å². The molecule has 0 N–H and O–H groups in total. The molecule has 4 fully saturated rings. The molecule has 2 aliphatic heterocycles. The molecule has 2 bridgehead atoms. The highest BCUT2D eigenvalue weighted by Crippen LogP contribution is 2.63. The number of hydrogen-bond donors (Lipinski definition) is 0. The normalized spacial score (nSPS) is 42.5. The summed E-state index contributed by atoms with van der Waals surface area (Å²) in [5, 5.41) is 0. The zero-order valence-corrected chi connectivity index (χ0v) is 23.1. The van der Waals surface area contributed by atoms with Crippen molar-refractivity contribution in [3.63, 3.8) is 0 Å². The second-order valence-corrected chi connectivity index (χ2v) is 12.7. The number of carbonyl (C=O) groups is 2. The van der Waals surface area contributed by atoms with Crippen LogP contribution < -0.4 is 0 Å². The van der Waals surface area contributed by atoms with Gasteiger partial charge in [0.1, 0.15) is 11.9 Å². The van der Waals surface area contributed by atoms with Crippen LogP contribution in [0.4, 0.5) is 0 Å². The fourth-order valence-electron chi connectivity index (χ4n) is 8.70. The van der Waals surface area contributed by atoms with Gasteiger partial charge in [0.05, 0.1) is 31.3 Å². The number of morpholine rings is 1. The third-order valence-corrected chi connectivity index (χ3v) is 10.7. The Balaban J connectivity index is 1.60. The summed E-state index contributed by atoms with van der Waals surface area (Å²) in [5.41, 5.74) is 1.16. The molecule has 2 saturated carbocycles. The van der Waals surface area contributed by atoms with Gasteiger partial charge in [-0.1, -0.05) is 25.0 Å². The molecule has 1 unspecified atom stereocenters. The molecule has 5 aliphatic rings. The molecule has 5 rings (SSSR count). The van der Waals surface area contributed by atoms with Gasteiger partial charge in [-0.3, -0.25) is 14.5 Å². The van der Waals surface area contributed by atoms with E-state index in [1.54, 1.807) is 7.11 Å². The fourth-order valence-corrected chi connectivity index (χ4v) is 8.70. The fraction of sp³-hybridized carbons (Fsp3) is 0.862. The van der Waals surface area contributed by atoms with Crippen molar-refractivity contribution in [1.82, 2.24) is 4.90 Å². The molecule has 0 aromatic rings. The van der Waals surface area contributed by atoms with Crippen molar-refractivity contribution in [2.24, 2.45) is 28.6 Å². The number of esters is 1. The van der Waals surface area contributed by atoms with Crippen LogP contribution in [0.2, 0.25) is 0 Å². The van der Waals surface area contributed by atoms with E-state index in [1.165, 1.54) is 18.1 Å². The molecule has 0 spiro atoms. The van der Waals surface area contributed by atoms with Crippen molar-refractivity contribution in [2.75, 3.05) is 46.6 Å². The average Bonchev–Trinajstić information content (AvgIpc) is 2.82. The summed E-state index contributed by atoms with van der Waals surface area (Å²) in [6, 6.07) is 0. The maximum atomic E-state index is 15.0. The first kappa shape index (κ1) is 26.3. The van der Waals surface area contributed by atoms with Crippen LogP contribution in [0.25, 0.3) is 0 Å². The van der Waals surface area contributed by atoms with Gasteiger partial charge in [-0.25, -0.2) is 0 Å². The number of rotatable bonds is 5. The Labute approximate surface area is 216 Å².